The molecule has 0 atom stereocenters. The highest BCUT2D eigenvalue weighted by Crippen LogP contribution is 2.44. The van der Waals surface area contributed by atoms with Gasteiger partial charge < -0.3 is 19.5 Å². The molecule has 3 aromatic carbocycles. The maximum absolute atomic E-state index is 12.6. The van der Waals surface area contributed by atoms with Crippen LogP contribution < -0.4 is 14.8 Å². The molecule has 1 aliphatic rings. The second-order valence-electron chi connectivity index (χ2n) is 8.68. The molecule has 0 aliphatic heterocycles. The molecule has 1 amide bonds. The number of nitrogens with one attached hydrogen (secondary N) is 1. The molecule has 0 spiro atoms. The van der Waals surface area contributed by atoms with E-state index in [0.29, 0.717) is 17.9 Å². The fourth-order valence-electron chi connectivity index (χ4n) is 4.36. The van der Waals surface area contributed by atoms with Gasteiger partial charge in [-0.3, -0.25) is 0 Å². The molecule has 182 valence electrons. The summed E-state index contributed by atoms with van der Waals surface area (Å²) in [7, 11) is 0. The van der Waals surface area contributed by atoms with Crippen molar-refractivity contribution >= 4 is 22.8 Å². The van der Waals surface area contributed by atoms with Crippen LogP contribution in [0.1, 0.15) is 36.5 Å². The SMILES string of the molecule is C=C(C)C(=O)OCCNC(=O)Oc1c2c(c(OCCc3ccccc3)c3ccccc13)CCCC2. The fourth-order valence-corrected chi connectivity index (χ4v) is 4.36. The van der Waals surface area contributed by atoms with Crippen LogP contribution in [0.2, 0.25) is 0 Å². The van der Waals surface area contributed by atoms with Gasteiger partial charge in [0, 0.05) is 33.9 Å². The smallest absolute Gasteiger partial charge is 0.412 e. The van der Waals surface area contributed by atoms with Crippen molar-refractivity contribution in [2.45, 2.75) is 39.0 Å². The first-order valence-electron chi connectivity index (χ1n) is 12.1. The van der Waals surface area contributed by atoms with Crippen LogP contribution in [0.3, 0.4) is 0 Å². The van der Waals surface area contributed by atoms with E-state index in [1.165, 1.54) is 5.56 Å². The molecule has 0 fully saturated rings. The van der Waals surface area contributed by atoms with Crippen LogP contribution >= 0.6 is 0 Å². The molecule has 1 N–H and O–H groups in total. The zero-order valence-electron chi connectivity index (χ0n) is 20.1. The highest BCUT2D eigenvalue weighted by atomic mass is 16.6. The third kappa shape index (κ3) is 6.01. The summed E-state index contributed by atoms with van der Waals surface area (Å²) in [5, 5.41) is 4.46. The highest BCUT2D eigenvalue weighted by Gasteiger charge is 2.25. The standard InChI is InChI=1S/C29H31NO5/c1-20(2)28(31)34-19-17-30-29(32)35-27-24-14-8-6-12-22(24)26(23-13-7-9-15-25(23)27)33-18-16-21-10-4-3-5-11-21/h3-6,8,10-12,14H,1,7,9,13,15-19H2,2H3,(H,30,32). The third-order valence-electron chi connectivity index (χ3n) is 6.06. The van der Waals surface area contributed by atoms with Gasteiger partial charge in [0.15, 0.2) is 0 Å². The van der Waals surface area contributed by atoms with E-state index in [-0.39, 0.29) is 13.2 Å². The van der Waals surface area contributed by atoms with E-state index in [0.717, 1.165) is 59.8 Å². The Labute approximate surface area is 205 Å². The summed E-state index contributed by atoms with van der Waals surface area (Å²) in [5.41, 5.74) is 3.71. The van der Waals surface area contributed by atoms with Gasteiger partial charge in [-0.25, -0.2) is 9.59 Å². The first kappa shape index (κ1) is 24.3. The third-order valence-corrected chi connectivity index (χ3v) is 6.06. The van der Waals surface area contributed by atoms with Crippen molar-refractivity contribution in [3.8, 4) is 11.5 Å². The molecule has 0 aromatic heterocycles. The van der Waals surface area contributed by atoms with Gasteiger partial charge in [0.1, 0.15) is 18.1 Å². The Morgan fingerprint density at radius 2 is 1.51 bits per heavy atom. The second-order valence-corrected chi connectivity index (χ2v) is 8.68. The van der Waals surface area contributed by atoms with Crippen molar-refractivity contribution in [3.63, 3.8) is 0 Å². The first-order chi connectivity index (χ1) is 17.0. The van der Waals surface area contributed by atoms with Gasteiger partial charge in [-0.15, -0.1) is 0 Å². The van der Waals surface area contributed by atoms with Gasteiger partial charge >= 0.3 is 12.1 Å². The Hall–Kier alpha value is -3.80. The number of hydrogen-bond donors (Lipinski definition) is 1. The van der Waals surface area contributed by atoms with Crippen molar-refractivity contribution in [1.29, 1.82) is 0 Å². The maximum Gasteiger partial charge on any atom is 0.412 e. The lowest BCUT2D eigenvalue weighted by Gasteiger charge is -2.25. The highest BCUT2D eigenvalue weighted by molar-refractivity contribution is 5.97. The lowest BCUT2D eigenvalue weighted by Crippen LogP contribution is -2.31. The molecule has 3 aromatic rings. The van der Waals surface area contributed by atoms with Gasteiger partial charge in [0.05, 0.1) is 13.2 Å². The van der Waals surface area contributed by atoms with Crippen LogP contribution in [-0.4, -0.2) is 31.8 Å². The van der Waals surface area contributed by atoms with Gasteiger partial charge in [-0.2, -0.15) is 0 Å². The number of carbonyl (C=O) groups is 2. The number of rotatable bonds is 9. The lowest BCUT2D eigenvalue weighted by atomic mass is 9.87. The molecule has 1 aliphatic carbocycles. The van der Waals surface area contributed by atoms with Gasteiger partial charge in [0.25, 0.3) is 0 Å². The second kappa shape index (κ2) is 11.6. The van der Waals surface area contributed by atoms with Gasteiger partial charge in [-0.1, -0.05) is 61.2 Å². The summed E-state index contributed by atoms with van der Waals surface area (Å²) in [6.07, 6.45) is 4.06. The minimum absolute atomic E-state index is 0.0494. The summed E-state index contributed by atoms with van der Waals surface area (Å²) < 4.78 is 17.3. The van der Waals surface area contributed by atoms with E-state index < -0.39 is 12.1 Å². The van der Waals surface area contributed by atoms with Crippen molar-refractivity contribution < 1.29 is 23.8 Å². The summed E-state index contributed by atoms with van der Waals surface area (Å²) in [6.45, 7) is 5.89. The minimum Gasteiger partial charge on any atom is -0.492 e. The largest absolute Gasteiger partial charge is 0.492 e. The molecule has 6 nitrogen and oxygen atoms in total. The number of benzene rings is 3. The average Bonchev–Trinajstić information content (AvgIpc) is 2.88. The van der Waals surface area contributed by atoms with E-state index in [2.05, 4.69) is 24.0 Å². The zero-order chi connectivity index (χ0) is 24.6. The van der Waals surface area contributed by atoms with Crippen LogP contribution in [0, 0.1) is 0 Å². The lowest BCUT2D eigenvalue weighted by molar-refractivity contribution is -0.138. The fraction of sp³-hybridized carbons (Fsp3) is 0.310. The van der Waals surface area contributed by atoms with E-state index in [4.69, 9.17) is 14.2 Å². The zero-order valence-corrected chi connectivity index (χ0v) is 20.1. The summed E-state index contributed by atoms with van der Waals surface area (Å²) in [5.74, 6) is 0.996. The average molecular weight is 474 g/mol. The molecule has 0 saturated heterocycles. The first-order valence-corrected chi connectivity index (χ1v) is 12.1. The molecule has 35 heavy (non-hydrogen) atoms. The summed E-state index contributed by atoms with van der Waals surface area (Å²) in [6, 6.07) is 18.2. The van der Waals surface area contributed by atoms with Crippen molar-refractivity contribution in [1.82, 2.24) is 5.32 Å². The normalized spacial score (nSPS) is 12.5. The molecule has 0 heterocycles. The number of amides is 1. The van der Waals surface area contributed by atoms with E-state index in [1.54, 1.807) is 6.92 Å². The quantitative estimate of drug-likeness (QED) is 0.251. The van der Waals surface area contributed by atoms with E-state index in [1.807, 2.05) is 42.5 Å². The molecule has 0 bridgehead atoms. The maximum atomic E-state index is 12.6. The predicted molar refractivity (Wildman–Crippen MR) is 136 cm³/mol. The van der Waals surface area contributed by atoms with Crippen molar-refractivity contribution in [2.24, 2.45) is 0 Å². The van der Waals surface area contributed by atoms with Crippen LogP contribution in [0.4, 0.5) is 4.79 Å². The Balaban J connectivity index is 1.53. The number of carbonyl (C=O) groups excluding carboxylic acids is 2. The molecular formula is C29H31NO5. The van der Waals surface area contributed by atoms with E-state index >= 15 is 0 Å². The van der Waals surface area contributed by atoms with Crippen molar-refractivity contribution in [2.75, 3.05) is 19.8 Å². The van der Waals surface area contributed by atoms with Crippen molar-refractivity contribution in [3.05, 3.63) is 83.4 Å². The summed E-state index contributed by atoms with van der Waals surface area (Å²) >= 11 is 0. The molecule has 0 unspecified atom stereocenters. The minimum atomic E-state index is -0.577. The number of esters is 1. The van der Waals surface area contributed by atoms with E-state index in [9.17, 15) is 9.59 Å². The number of fused-ring (bicyclic) bond motifs is 2. The van der Waals surface area contributed by atoms with Crippen LogP contribution in [-0.2, 0) is 28.8 Å². The number of hydrogen-bond acceptors (Lipinski definition) is 5. The Bertz CT molecular complexity index is 1220. The van der Waals surface area contributed by atoms with Crippen LogP contribution in [0.5, 0.6) is 11.5 Å². The predicted octanol–water partition coefficient (Wildman–Crippen LogP) is 5.55. The Kier molecular flexibility index (Phi) is 8.03. The molecular weight excluding hydrogens is 442 g/mol. The number of ether oxygens (including phenoxy) is 3. The topological polar surface area (TPSA) is 73.9 Å². The van der Waals surface area contributed by atoms with Crippen LogP contribution in [0.15, 0.2) is 66.7 Å². The molecule has 4 rings (SSSR count). The van der Waals surface area contributed by atoms with Crippen LogP contribution in [0.25, 0.3) is 10.8 Å². The van der Waals surface area contributed by atoms with Gasteiger partial charge in [0.2, 0.25) is 0 Å². The van der Waals surface area contributed by atoms with Gasteiger partial charge in [-0.05, 0) is 38.2 Å². The Morgan fingerprint density at radius 1 is 0.886 bits per heavy atom. The molecule has 0 saturated carbocycles. The molecule has 6 heteroatoms. The summed E-state index contributed by atoms with van der Waals surface area (Å²) in [4.78, 5) is 24.1. The monoisotopic (exact) mass is 473 g/mol. The Morgan fingerprint density at radius 3 is 2.20 bits per heavy atom. The molecule has 0 radical (unpaired) electrons.